The van der Waals surface area contributed by atoms with E-state index in [9.17, 15) is 9.90 Å². The molecule has 1 aromatic carbocycles. The van der Waals surface area contributed by atoms with E-state index in [0.717, 1.165) is 12.1 Å². The highest BCUT2D eigenvalue weighted by molar-refractivity contribution is 6.73. The van der Waals surface area contributed by atoms with E-state index < -0.39 is 20.1 Å². The number of benzene rings is 1. The van der Waals surface area contributed by atoms with Gasteiger partial charge in [-0.15, -0.1) is 12.3 Å². The second kappa shape index (κ2) is 7.44. The molecule has 1 rings (SSSR count). The Hall–Kier alpha value is -1.57. The summed E-state index contributed by atoms with van der Waals surface area (Å²) in [6, 6.07) is 9.24. The second-order valence-corrected chi connectivity index (χ2v) is 11.1. The molecule has 3 nitrogen and oxygen atoms in total. The van der Waals surface area contributed by atoms with Crippen LogP contribution in [0.1, 0.15) is 24.8 Å². The maximum absolute atomic E-state index is 11.9. The highest BCUT2D eigenvalue weighted by Crippen LogP contribution is 2.29. The van der Waals surface area contributed by atoms with Crippen LogP contribution >= 0.6 is 0 Å². The van der Waals surface area contributed by atoms with Gasteiger partial charge in [0.05, 0.1) is 5.92 Å². The van der Waals surface area contributed by atoms with Crippen LogP contribution in [0.15, 0.2) is 30.3 Å². The lowest BCUT2D eigenvalue weighted by atomic mass is 9.89. The lowest BCUT2D eigenvalue weighted by molar-refractivity contribution is -0.140. The Labute approximate surface area is 129 Å². The highest BCUT2D eigenvalue weighted by Gasteiger charge is 2.38. The Kier molecular flexibility index (Phi) is 6.19. The van der Waals surface area contributed by atoms with Gasteiger partial charge in [0, 0.05) is 12.5 Å². The topological polar surface area (TPSA) is 40.5 Å². The van der Waals surface area contributed by atoms with Crippen LogP contribution in [-0.2, 0) is 4.79 Å². The molecular weight excluding hydrogens is 278 g/mol. The van der Waals surface area contributed by atoms with Crippen LogP contribution in [0.25, 0.3) is 0 Å². The van der Waals surface area contributed by atoms with Crippen LogP contribution < -0.4 is 0 Å². The zero-order valence-corrected chi connectivity index (χ0v) is 14.3. The number of carbonyl (C=O) groups is 1. The Balaban J connectivity index is 3.28. The summed E-state index contributed by atoms with van der Waals surface area (Å²) < 4.78 is 2.32. The predicted molar refractivity (Wildman–Crippen MR) is 89.8 cm³/mol. The summed E-state index contributed by atoms with van der Waals surface area (Å²) in [5, 5.41) is 9.75. The molecule has 0 radical (unpaired) electrons. The van der Waals surface area contributed by atoms with Crippen LogP contribution in [-0.4, -0.2) is 36.5 Å². The zero-order valence-electron chi connectivity index (χ0n) is 13.3. The van der Waals surface area contributed by atoms with Gasteiger partial charge in [-0.3, -0.25) is 4.79 Å². The summed E-state index contributed by atoms with van der Waals surface area (Å²) >= 11 is 0. The Morgan fingerprint density at radius 2 is 1.90 bits per heavy atom. The molecule has 0 aliphatic rings. The van der Waals surface area contributed by atoms with Crippen LogP contribution in [0.2, 0.25) is 19.6 Å². The first-order valence-electron chi connectivity index (χ1n) is 7.30. The van der Waals surface area contributed by atoms with E-state index in [1.54, 1.807) is 0 Å². The van der Waals surface area contributed by atoms with E-state index in [1.807, 2.05) is 30.3 Å². The number of hydrogen-bond acceptors (Lipinski definition) is 2. The summed E-state index contributed by atoms with van der Waals surface area (Å²) in [6.45, 7) is 9.57. The van der Waals surface area contributed by atoms with Crippen molar-refractivity contribution < 1.29 is 9.90 Å². The molecule has 2 atom stereocenters. The molecule has 0 aliphatic heterocycles. The van der Waals surface area contributed by atoms with Gasteiger partial charge in [0.2, 0.25) is 0 Å². The fourth-order valence-electron chi connectivity index (χ4n) is 2.92. The molecule has 0 fully saturated rings. The minimum Gasteiger partial charge on any atom is -0.481 e. The van der Waals surface area contributed by atoms with Crippen molar-refractivity contribution in [3.8, 4) is 12.3 Å². The van der Waals surface area contributed by atoms with E-state index in [-0.39, 0.29) is 6.04 Å². The molecule has 0 saturated carbocycles. The summed E-state index contributed by atoms with van der Waals surface area (Å²) in [5.41, 5.74) is 0.821. The van der Waals surface area contributed by atoms with Gasteiger partial charge in [-0.05, 0) is 12.1 Å². The molecular formula is C17H25NO2Si. The SMILES string of the molecule is C#CCC(C(C(=O)O)c1ccccc1)N(CC)[Si](C)(C)C. The molecule has 0 spiro atoms. The number of likely N-dealkylation sites (N-methyl/N-ethyl adjacent to an activating group) is 1. The second-order valence-electron chi connectivity index (χ2n) is 6.16. The van der Waals surface area contributed by atoms with Gasteiger partial charge in [0.1, 0.15) is 8.24 Å². The van der Waals surface area contributed by atoms with Crippen LogP contribution in [0.5, 0.6) is 0 Å². The molecule has 0 aromatic heterocycles. The monoisotopic (exact) mass is 303 g/mol. The molecule has 0 heterocycles. The fraction of sp³-hybridized carbons (Fsp3) is 0.471. The maximum Gasteiger partial charge on any atom is 0.312 e. The minimum atomic E-state index is -1.65. The number of terminal acetylenes is 1. The van der Waals surface area contributed by atoms with Gasteiger partial charge < -0.3 is 9.67 Å². The van der Waals surface area contributed by atoms with Crippen molar-refractivity contribution in [1.29, 1.82) is 0 Å². The minimum absolute atomic E-state index is 0.161. The van der Waals surface area contributed by atoms with E-state index in [0.29, 0.717) is 6.42 Å². The molecule has 1 aromatic rings. The smallest absolute Gasteiger partial charge is 0.312 e. The Morgan fingerprint density at radius 1 is 1.33 bits per heavy atom. The molecule has 0 saturated heterocycles. The zero-order chi connectivity index (χ0) is 16.0. The number of nitrogens with zero attached hydrogens (tertiary/aromatic N) is 1. The average molecular weight is 303 g/mol. The van der Waals surface area contributed by atoms with Gasteiger partial charge in [-0.25, -0.2) is 0 Å². The third kappa shape index (κ3) is 4.45. The summed E-state index contributed by atoms with van der Waals surface area (Å²) in [6.07, 6.45) is 5.98. The van der Waals surface area contributed by atoms with Crippen molar-refractivity contribution in [2.75, 3.05) is 6.54 Å². The van der Waals surface area contributed by atoms with Crippen LogP contribution in [0.3, 0.4) is 0 Å². The summed E-state index contributed by atoms with van der Waals surface area (Å²) in [5.74, 6) is 1.28. The van der Waals surface area contributed by atoms with Gasteiger partial charge >= 0.3 is 5.97 Å². The average Bonchev–Trinajstić information content (AvgIpc) is 2.39. The predicted octanol–water partition coefficient (Wildman–Crippen LogP) is 3.40. The number of aliphatic carboxylic acids is 1. The van der Waals surface area contributed by atoms with Gasteiger partial charge in [-0.1, -0.05) is 56.9 Å². The number of carboxylic acid groups (broad SMARTS) is 1. The normalized spacial score (nSPS) is 14.5. The standard InChI is InChI=1S/C17H25NO2Si/c1-6-11-15(18(7-2)21(3,4)5)16(17(19)20)14-12-9-8-10-13-14/h1,8-10,12-13,15-16H,7,11H2,2-5H3,(H,19,20). The lowest BCUT2D eigenvalue weighted by Gasteiger charge is -2.42. The highest BCUT2D eigenvalue weighted by atomic mass is 28.3. The number of carboxylic acids is 1. The molecule has 0 amide bonds. The first-order chi connectivity index (χ1) is 9.82. The third-order valence-corrected chi connectivity index (χ3v) is 6.11. The molecule has 2 unspecified atom stereocenters. The van der Waals surface area contributed by atoms with E-state index in [2.05, 4.69) is 37.1 Å². The quantitative estimate of drug-likeness (QED) is 0.620. The van der Waals surface area contributed by atoms with E-state index >= 15 is 0 Å². The molecule has 1 N–H and O–H groups in total. The lowest BCUT2D eigenvalue weighted by Crippen LogP contribution is -2.54. The van der Waals surface area contributed by atoms with Gasteiger partial charge in [0.15, 0.2) is 0 Å². The van der Waals surface area contributed by atoms with Crippen molar-refractivity contribution in [2.45, 2.75) is 44.9 Å². The maximum atomic E-state index is 11.9. The molecule has 4 heteroatoms. The first kappa shape index (κ1) is 17.5. The van der Waals surface area contributed by atoms with Crippen molar-refractivity contribution in [3.05, 3.63) is 35.9 Å². The van der Waals surface area contributed by atoms with Crippen molar-refractivity contribution in [3.63, 3.8) is 0 Å². The fourth-order valence-corrected chi connectivity index (χ4v) is 5.11. The van der Waals surface area contributed by atoms with Crippen molar-refractivity contribution in [2.24, 2.45) is 0 Å². The van der Waals surface area contributed by atoms with Crippen molar-refractivity contribution in [1.82, 2.24) is 4.57 Å². The molecule has 0 bridgehead atoms. The number of hydrogen-bond donors (Lipinski definition) is 1. The van der Waals surface area contributed by atoms with Gasteiger partial charge in [0.25, 0.3) is 0 Å². The molecule has 114 valence electrons. The Morgan fingerprint density at radius 3 is 2.29 bits per heavy atom. The Bertz CT molecular complexity index is 502. The van der Waals surface area contributed by atoms with Gasteiger partial charge in [-0.2, -0.15) is 0 Å². The van der Waals surface area contributed by atoms with E-state index in [1.165, 1.54) is 0 Å². The summed E-state index contributed by atoms with van der Waals surface area (Å²) in [7, 11) is -1.65. The van der Waals surface area contributed by atoms with Crippen molar-refractivity contribution >= 4 is 14.2 Å². The number of rotatable bonds is 7. The molecule has 0 aliphatic carbocycles. The third-order valence-electron chi connectivity index (χ3n) is 3.74. The van der Waals surface area contributed by atoms with Crippen LogP contribution in [0.4, 0.5) is 0 Å². The van der Waals surface area contributed by atoms with E-state index in [4.69, 9.17) is 6.42 Å². The van der Waals surface area contributed by atoms with Crippen LogP contribution in [0, 0.1) is 12.3 Å². The summed E-state index contributed by atoms with van der Waals surface area (Å²) in [4.78, 5) is 11.9. The largest absolute Gasteiger partial charge is 0.481 e. The first-order valence-corrected chi connectivity index (χ1v) is 10.8. The molecule has 21 heavy (non-hydrogen) atoms.